The molecular formula is C6H15NO4Si. The molecule has 5 nitrogen and oxygen atoms in total. The SMILES string of the molecule is C=CCO[Si](O)(O)ON(C)CC. The number of hydrogen-bond donors (Lipinski definition) is 2. The summed E-state index contributed by atoms with van der Waals surface area (Å²) in [7, 11) is -2.36. The van der Waals surface area contributed by atoms with Gasteiger partial charge < -0.3 is 14.0 Å². The third kappa shape index (κ3) is 5.41. The first kappa shape index (κ1) is 11.8. The van der Waals surface area contributed by atoms with Crippen molar-refractivity contribution in [3.8, 4) is 0 Å². The fraction of sp³-hybridized carbons (Fsp3) is 0.667. The van der Waals surface area contributed by atoms with E-state index in [-0.39, 0.29) is 6.61 Å². The van der Waals surface area contributed by atoms with E-state index in [0.717, 1.165) is 0 Å². The van der Waals surface area contributed by atoms with Crippen LogP contribution < -0.4 is 0 Å². The fourth-order valence-electron chi connectivity index (χ4n) is 0.461. The van der Waals surface area contributed by atoms with E-state index >= 15 is 0 Å². The Balaban J connectivity index is 3.76. The number of rotatable bonds is 6. The lowest BCUT2D eigenvalue weighted by atomic mass is 10.7. The molecule has 2 N–H and O–H groups in total. The van der Waals surface area contributed by atoms with E-state index in [0.29, 0.717) is 6.54 Å². The highest BCUT2D eigenvalue weighted by molar-refractivity contribution is 6.50. The average molecular weight is 193 g/mol. The van der Waals surface area contributed by atoms with E-state index < -0.39 is 9.05 Å². The predicted molar refractivity (Wildman–Crippen MR) is 45.7 cm³/mol. The molecule has 0 amide bonds. The van der Waals surface area contributed by atoms with E-state index in [1.165, 1.54) is 11.1 Å². The molecule has 0 radical (unpaired) electrons. The van der Waals surface area contributed by atoms with Gasteiger partial charge in [0.05, 0.1) is 6.61 Å². The largest absolute Gasteiger partial charge is 0.691 e. The molecule has 0 atom stereocenters. The maximum Gasteiger partial charge on any atom is 0.691 e. The normalized spacial score (nSPS) is 12.1. The Morgan fingerprint density at radius 1 is 1.58 bits per heavy atom. The van der Waals surface area contributed by atoms with E-state index in [4.69, 9.17) is 14.1 Å². The number of hydrogen-bond acceptors (Lipinski definition) is 5. The van der Waals surface area contributed by atoms with Crippen molar-refractivity contribution in [3.05, 3.63) is 12.7 Å². The van der Waals surface area contributed by atoms with Crippen molar-refractivity contribution in [2.45, 2.75) is 6.92 Å². The summed E-state index contributed by atoms with van der Waals surface area (Å²) in [6, 6.07) is 0. The zero-order valence-electron chi connectivity index (χ0n) is 7.36. The summed E-state index contributed by atoms with van der Waals surface area (Å²) in [5.41, 5.74) is 0. The van der Waals surface area contributed by atoms with Gasteiger partial charge in [-0.2, -0.15) is 5.06 Å². The first-order chi connectivity index (χ1) is 5.52. The van der Waals surface area contributed by atoms with Crippen LogP contribution in [0.2, 0.25) is 0 Å². The predicted octanol–water partition coefficient (Wildman–Crippen LogP) is -0.508. The lowest BCUT2D eigenvalue weighted by molar-refractivity contribution is -0.125. The average Bonchev–Trinajstić information content (AvgIpc) is 2.00. The Kier molecular flexibility index (Phi) is 5.30. The summed E-state index contributed by atoms with van der Waals surface area (Å²) in [4.78, 5) is 18.2. The van der Waals surface area contributed by atoms with Crippen molar-refractivity contribution in [1.82, 2.24) is 5.06 Å². The van der Waals surface area contributed by atoms with Gasteiger partial charge in [-0.3, -0.25) is 4.53 Å². The maximum absolute atomic E-state index is 9.11. The molecule has 0 aromatic carbocycles. The molecule has 12 heavy (non-hydrogen) atoms. The van der Waals surface area contributed by atoms with Crippen LogP contribution >= 0.6 is 0 Å². The van der Waals surface area contributed by atoms with Crippen molar-refractivity contribution in [1.29, 1.82) is 0 Å². The lowest BCUT2D eigenvalue weighted by Crippen LogP contribution is -2.47. The van der Waals surface area contributed by atoms with Gasteiger partial charge in [0.25, 0.3) is 0 Å². The first-order valence-electron chi connectivity index (χ1n) is 3.61. The monoisotopic (exact) mass is 193 g/mol. The number of hydroxylamine groups is 2. The molecular weight excluding hydrogens is 178 g/mol. The fourth-order valence-corrected chi connectivity index (χ4v) is 1.38. The highest BCUT2D eigenvalue weighted by Crippen LogP contribution is 2.00. The summed E-state index contributed by atoms with van der Waals surface area (Å²) in [5, 5.41) is 1.30. The molecule has 6 heteroatoms. The van der Waals surface area contributed by atoms with Crippen LogP contribution in [-0.2, 0) is 8.95 Å². The lowest BCUT2D eigenvalue weighted by Gasteiger charge is -2.21. The third-order valence-corrected chi connectivity index (χ3v) is 2.20. The zero-order valence-corrected chi connectivity index (χ0v) is 8.36. The van der Waals surface area contributed by atoms with Crippen LogP contribution in [0.3, 0.4) is 0 Å². The molecule has 0 aliphatic carbocycles. The summed E-state index contributed by atoms with van der Waals surface area (Å²) >= 11 is 0. The van der Waals surface area contributed by atoms with Gasteiger partial charge in [0.15, 0.2) is 0 Å². The van der Waals surface area contributed by atoms with Gasteiger partial charge in [-0.1, -0.05) is 13.0 Å². The molecule has 0 spiro atoms. The minimum atomic E-state index is -3.95. The van der Waals surface area contributed by atoms with Crippen molar-refractivity contribution in [2.75, 3.05) is 20.2 Å². The second kappa shape index (κ2) is 5.41. The standard InChI is InChI=1S/C6H15NO4Si/c1-4-6-10-12(8,9)11-7(3)5-2/h4,8-9H,1,5-6H2,2-3H3. The topological polar surface area (TPSA) is 62.2 Å². The molecule has 0 heterocycles. The van der Waals surface area contributed by atoms with Crippen molar-refractivity contribution >= 4 is 9.05 Å². The van der Waals surface area contributed by atoms with Crippen LogP contribution in [-0.4, -0.2) is 43.9 Å². The van der Waals surface area contributed by atoms with Gasteiger partial charge in [0, 0.05) is 13.6 Å². The van der Waals surface area contributed by atoms with Crippen LogP contribution in [0.15, 0.2) is 12.7 Å². The van der Waals surface area contributed by atoms with E-state index in [2.05, 4.69) is 11.0 Å². The summed E-state index contributed by atoms with van der Waals surface area (Å²) in [6.45, 7) is 5.80. The Morgan fingerprint density at radius 2 is 2.17 bits per heavy atom. The molecule has 0 rings (SSSR count). The van der Waals surface area contributed by atoms with E-state index in [1.54, 1.807) is 7.05 Å². The Bertz CT molecular complexity index is 142. The van der Waals surface area contributed by atoms with Gasteiger partial charge in [-0.25, -0.2) is 0 Å². The molecule has 72 valence electrons. The highest BCUT2D eigenvalue weighted by atomic mass is 28.4. The molecule has 0 fully saturated rings. The molecule has 0 aromatic rings. The second-order valence-electron chi connectivity index (χ2n) is 2.18. The zero-order chi connectivity index (χ0) is 9.61. The summed E-state index contributed by atoms with van der Waals surface area (Å²) in [6.07, 6.45) is 1.42. The van der Waals surface area contributed by atoms with Gasteiger partial charge in [0.1, 0.15) is 0 Å². The van der Waals surface area contributed by atoms with Crippen LogP contribution in [0.1, 0.15) is 6.92 Å². The smallest absolute Gasteiger partial charge is 0.367 e. The molecule has 0 bridgehead atoms. The Labute approximate surface area is 73.3 Å². The Morgan fingerprint density at radius 3 is 2.58 bits per heavy atom. The third-order valence-electron chi connectivity index (χ3n) is 1.11. The molecule has 0 unspecified atom stereocenters. The van der Waals surface area contributed by atoms with E-state index in [9.17, 15) is 0 Å². The van der Waals surface area contributed by atoms with E-state index in [1.807, 2.05) is 6.92 Å². The molecule has 0 aliphatic rings. The minimum Gasteiger partial charge on any atom is -0.367 e. The molecule has 0 aliphatic heterocycles. The second-order valence-corrected chi connectivity index (χ2v) is 3.75. The van der Waals surface area contributed by atoms with Crippen LogP contribution in [0.25, 0.3) is 0 Å². The summed E-state index contributed by atoms with van der Waals surface area (Å²) < 4.78 is 9.32. The molecule has 0 saturated heterocycles. The van der Waals surface area contributed by atoms with Gasteiger partial charge in [0.2, 0.25) is 0 Å². The minimum absolute atomic E-state index is 0.0662. The van der Waals surface area contributed by atoms with Crippen molar-refractivity contribution < 1.29 is 18.5 Å². The van der Waals surface area contributed by atoms with Gasteiger partial charge in [-0.15, -0.1) is 6.58 Å². The van der Waals surface area contributed by atoms with Gasteiger partial charge in [-0.05, 0) is 0 Å². The van der Waals surface area contributed by atoms with Gasteiger partial charge >= 0.3 is 9.05 Å². The molecule has 0 aromatic heterocycles. The van der Waals surface area contributed by atoms with Crippen molar-refractivity contribution in [2.24, 2.45) is 0 Å². The molecule has 0 saturated carbocycles. The van der Waals surface area contributed by atoms with Crippen LogP contribution in [0.4, 0.5) is 0 Å². The van der Waals surface area contributed by atoms with Crippen LogP contribution in [0.5, 0.6) is 0 Å². The summed E-state index contributed by atoms with van der Waals surface area (Å²) in [5.74, 6) is 0. The maximum atomic E-state index is 9.11. The van der Waals surface area contributed by atoms with Crippen LogP contribution in [0, 0.1) is 0 Å². The highest BCUT2D eigenvalue weighted by Gasteiger charge is 2.38. The Hall–Kier alpha value is -0.243. The first-order valence-corrected chi connectivity index (χ1v) is 5.32. The number of nitrogens with zero attached hydrogens (tertiary/aromatic N) is 1. The quantitative estimate of drug-likeness (QED) is 0.338. The van der Waals surface area contributed by atoms with Crippen molar-refractivity contribution in [3.63, 3.8) is 0 Å².